The topological polar surface area (TPSA) is 113 Å². The van der Waals surface area contributed by atoms with E-state index in [9.17, 15) is 9.18 Å². The first kappa shape index (κ1) is 26.6. The Morgan fingerprint density at radius 1 is 1.05 bits per heavy atom. The van der Waals surface area contributed by atoms with Crippen molar-refractivity contribution in [2.75, 3.05) is 41.7 Å². The van der Waals surface area contributed by atoms with Crippen LogP contribution >= 0.6 is 0 Å². The van der Waals surface area contributed by atoms with Crippen molar-refractivity contribution in [3.63, 3.8) is 0 Å². The second kappa shape index (κ2) is 10.3. The van der Waals surface area contributed by atoms with Crippen LogP contribution in [0.4, 0.5) is 38.3 Å². The van der Waals surface area contributed by atoms with Gasteiger partial charge < -0.3 is 25.2 Å². The van der Waals surface area contributed by atoms with E-state index in [0.717, 1.165) is 24.2 Å². The van der Waals surface area contributed by atoms with Gasteiger partial charge in [0.25, 0.3) is 0 Å². The maximum atomic E-state index is 14.6. The van der Waals surface area contributed by atoms with Crippen LogP contribution in [0.3, 0.4) is 0 Å². The Bertz CT molecular complexity index is 1350. The van der Waals surface area contributed by atoms with Crippen LogP contribution in [0.25, 0.3) is 0 Å². The lowest BCUT2D eigenvalue weighted by molar-refractivity contribution is 0.0240. The minimum Gasteiger partial charge on any atom is -0.444 e. The summed E-state index contributed by atoms with van der Waals surface area (Å²) in [6.07, 6.45) is 3.41. The number of ether oxygens (including phenoxy) is 1. The molecule has 2 fully saturated rings. The van der Waals surface area contributed by atoms with Crippen molar-refractivity contribution in [3.8, 4) is 0 Å². The molecule has 5 rings (SSSR count). The van der Waals surface area contributed by atoms with Crippen molar-refractivity contribution >= 4 is 35.2 Å². The summed E-state index contributed by atoms with van der Waals surface area (Å²) in [5.41, 5.74) is 2.28. The van der Waals surface area contributed by atoms with Crippen LogP contribution in [0.2, 0.25) is 0 Å². The minimum absolute atomic E-state index is 0.238. The molecule has 3 aromatic rings. The van der Waals surface area contributed by atoms with Gasteiger partial charge in [0.1, 0.15) is 17.2 Å². The van der Waals surface area contributed by atoms with Crippen LogP contribution in [0.1, 0.15) is 56.5 Å². The zero-order valence-electron chi connectivity index (χ0n) is 23.4. The molecular weight excluding hydrogens is 501 g/mol. The monoisotopic (exact) mass is 537 g/mol. The quantitative estimate of drug-likeness (QED) is 0.458. The van der Waals surface area contributed by atoms with Gasteiger partial charge in [-0.25, -0.2) is 19.2 Å². The zero-order valence-corrected chi connectivity index (χ0v) is 23.4. The lowest BCUT2D eigenvalue weighted by Crippen LogP contribution is -2.50. The maximum Gasteiger partial charge on any atom is 0.410 e. The van der Waals surface area contributed by atoms with Gasteiger partial charge >= 0.3 is 6.09 Å². The van der Waals surface area contributed by atoms with Gasteiger partial charge in [0, 0.05) is 45.0 Å². The highest BCUT2D eigenvalue weighted by atomic mass is 19.1. The van der Waals surface area contributed by atoms with Crippen LogP contribution < -0.4 is 15.5 Å². The predicted molar refractivity (Wildman–Crippen MR) is 147 cm³/mol. The van der Waals surface area contributed by atoms with Gasteiger partial charge in [-0.05, 0) is 65.0 Å². The number of carbonyl (C=O) groups excluding carboxylic acids is 1. The van der Waals surface area contributed by atoms with Crippen molar-refractivity contribution in [1.29, 1.82) is 0 Å². The normalized spacial score (nSPS) is 15.9. The summed E-state index contributed by atoms with van der Waals surface area (Å²) < 4.78 is 21.9. The van der Waals surface area contributed by atoms with Crippen molar-refractivity contribution in [1.82, 2.24) is 29.6 Å². The molecule has 1 saturated heterocycles. The summed E-state index contributed by atoms with van der Waals surface area (Å²) in [7, 11) is 1.88. The van der Waals surface area contributed by atoms with Crippen LogP contribution in [0.5, 0.6) is 0 Å². The Morgan fingerprint density at radius 2 is 1.77 bits per heavy atom. The Hall–Kier alpha value is -3.96. The molecule has 3 aromatic heterocycles. The zero-order chi connectivity index (χ0) is 27.9. The summed E-state index contributed by atoms with van der Waals surface area (Å²) in [6, 6.07) is 3.69. The number of hydrogen-bond acceptors (Lipinski definition) is 9. The van der Waals surface area contributed by atoms with Crippen LogP contribution in [-0.2, 0) is 11.8 Å². The van der Waals surface area contributed by atoms with E-state index in [1.54, 1.807) is 28.8 Å². The molecule has 2 aliphatic rings. The molecule has 0 unspecified atom stereocenters. The Morgan fingerprint density at radius 3 is 2.38 bits per heavy atom. The number of pyridine rings is 1. The van der Waals surface area contributed by atoms with Gasteiger partial charge in [0.05, 0.1) is 17.6 Å². The standard InChI is InChI=1S/C27H36FN9O2/c1-16-13-22(34-35(16)6)31-24-20(36-9-11-37(12-10-36)26(38)39-27(3,4)5)15-29-25(33-24)32-21-14-19(18-7-8-18)23(28)17(2)30-21/h13-15,18H,7-12H2,1-6H3,(H2,29,30,31,32,33,34). The molecule has 0 aromatic carbocycles. The van der Waals surface area contributed by atoms with E-state index in [1.807, 2.05) is 40.8 Å². The van der Waals surface area contributed by atoms with Crippen molar-refractivity contribution in [3.05, 3.63) is 41.1 Å². The Balaban J connectivity index is 1.38. The second-order valence-electron chi connectivity index (χ2n) is 11.2. The smallest absolute Gasteiger partial charge is 0.410 e. The molecule has 12 heteroatoms. The highest BCUT2D eigenvalue weighted by Crippen LogP contribution is 2.42. The molecule has 1 saturated carbocycles. The SMILES string of the molecule is Cc1nc(Nc2ncc(N3CCN(C(=O)OC(C)(C)C)CC3)c(Nc3cc(C)n(C)n3)n2)cc(C2CC2)c1F. The highest BCUT2D eigenvalue weighted by molar-refractivity contribution is 5.73. The van der Waals surface area contributed by atoms with E-state index in [4.69, 9.17) is 9.72 Å². The summed E-state index contributed by atoms with van der Waals surface area (Å²) >= 11 is 0. The number of aryl methyl sites for hydroxylation is 3. The summed E-state index contributed by atoms with van der Waals surface area (Å²) in [4.78, 5) is 30.1. The summed E-state index contributed by atoms with van der Waals surface area (Å²) in [5, 5.41) is 11.0. The maximum absolute atomic E-state index is 14.6. The number of nitrogens with zero attached hydrogens (tertiary/aromatic N) is 7. The average molecular weight is 538 g/mol. The van der Waals surface area contributed by atoms with Crippen molar-refractivity contribution in [2.45, 2.75) is 59.0 Å². The second-order valence-corrected chi connectivity index (χ2v) is 11.2. The molecule has 4 heterocycles. The van der Waals surface area contributed by atoms with E-state index in [1.165, 1.54) is 0 Å². The fraction of sp³-hybridized carbons (Fsp3) is 0.519. The highest BCUT2D eigenvalue weighted by Gasteiger charge is 2.29. The van der Waals surface area contributed by atoms with E-state index in [-0.39, 0.29) is 17.8 Å². The van der Waals surface area contributed by atoms with Gasteiger partial charge in [0.2, 0.25) is 5.95 Å². The number of rotatable bonds is 6. The van der Waals surface area contributed by atoms with E-state index >= 15 is 0 Å². The average Bonchev–Trinajstić information content (AvgIpc) is 3.66. The predicted octanol–water partition coefficient (Wildman–Crippen LogP) is 4.78. The van der Waals surface area contributed by atoms with Crippen LogP contribution in [0, 0.1) is 19.7 Å². The number of amides is 1. The van der Waals surface area contributed by atoms with E-state index < -0.39 is 5.60 Å². The summed E-state index contributed by atoms with van der Waals surface area (Å²) in [5.74, 6) is 2.07. The minimum atomic E-state index is -0.542. The first-order valence-electron chi connectivity index (χ1n) is 13.3. The molecule has 208 valence electrons. The Kier molecular flexibility index (Phi) is 7.04. The van der Waals surface area contributed by atoms with Gasteiger partial charge in [-0.2, -0.15) is 10.1 Å². The number of aromatic nitrogens is 5. The van der Waals surface area contributed by atoms with Gasteiger partial charge in [-0.15, -0.1) is 0 Å². The van der Waals surface area contributed by atoms with E-state index in [0.29, 0.717) is 60.8 Å². The lowest BCUT2D eigenvalue weighted by atomic mass is 10.1. The number of nitrogens with one attached hydrogen (secondary N) is 2. The number of piperazine rings is 1. The number of hydrogen-bond donors (Lipinski definition) is 2. The molecule has 0 bridgehead atoms. The van der Waals surface area contributed by atoms with Crippen molar-refractivity contribution < 1.29 is 13.9 Å². The molecule has 0 atom stereocenters. The van der Waals surface area contributed by atoms with Crippen molar-refractivity contribution in [2.24, 2.45) is 7.05 Å². The molecule has 0 spiro atoms. The first-order valence-corrected chi connectivity index (χ1v) is 13.3. The number of carbonyl (C=O) groups is 1. The van der Waals surface area contributed by atoms with Gasteiger partial charge in [0.15, 0.2) is 11.6 Å². The molecule has 1 amide bonds. The molecule has 1 aliphatic carbocycles. The van der Waals surface area contributed by atoms with Gasteiger partial charge in [-0.1, -0.05) is 0 Å². The fourth-order valence-corrected chi connectivity index (χ4v) is 4.51. The lowest BCUT2D eigenvalue weighted by Gasteiger charge is -2.37. The van der Waals surface area contributed by atoms with Gasteiger partial charge in [-0.3, -0.25) is 4.68 Å². The van der Waals surface area contributed by atoms with Crippen LogP contribution in [0.15, 0.2) is 18.3 Å². The number of halogens is 1. The molecule has 0 radical (unpaired) electrons. The van der Waals surface area contributed by atoms with E-state index in [2.05, 4.69) is 30.6 Å². The largest absolute Gasteiger partial charge is 0.444 e. The third-order valence-corrected chi connectivity index (χ3v) is 6.81. The third kappa shape index (κ3) is 6.21. The Labute approximate surface area is 227 Å². The summed E-state index contributed by atoms with van der Waals surface area (Å²) in [6.45, 7) is 11.4. The molecule has 2 N–H and O–H groups in total. The number of anilines is 5. The molecule has 1 aliphatic heterocycles. The molecule has 11 nitrogen and oxygen atoms in total. The third-order valence-electron chi connectivity index (χ3n) is 6.81. The molecular formula is C27H36FN9O2. The van der Waals surface area contributed by atoms with Crippen LogP contribution in [-0.4, -0.2) is 67.5 Å². The first-order chi connectivity index (χ1) is 18.5. The fourth-order valence-electron chi connectivity index (χ4n) is 4.51. The molecule has 39 heavy (non-hydrogen) atoms.